The van der Waals surface area contributed by atoms with Gasteiger partial charge in [0, 0.05) is 19.1 Å². The van der Waals surface area contributed by atoms with E-state index in [1.807, 2.05) is 6.07 Å². The molecule has 0 amide bonds. The van der Waals surface area contributed by atoms with Gasteiger partial charge in [0.1, 0.15) is 0 Å². The molecule has 1 aromatic rings. The molecular weight excluding hydrogens is 226 g/mol. The van der Waals surface area contributed by atoms with Gasteiger partial charge in [-0.25, -0.2) is 0 Å². The average Bonchev–Trinajstić information content (AvgIpc) is 2.33. The molecular formula is C11H16ClN3O. The Hall–Kier alpha value is -0.710. The predicted octanol–water partition coefficient (Wildman–Crippen LogP) is 1.74. The van der Waals surface area contributed by atoms with Crippen LogP contribution in [0.3, 0.4) is 0 Å². The number of nitrogens with zero attached hydrogens (tertiary/aromatic N) is 3. The minimum absolute atomic E-state index is 0.442. The summed E-state index contributed by atoms with van der Waals surface area (Å²) in [6.07, 6.45) is 1.10. The summed E-state index contributed by atoms with van der Waals surface area (Å²) in [6, 6.07) is 4.20. The first-order valence-corrected chi connectivity index (χ1v) is 5.97. The SMILES string of the molecule is CCC1COCCN1Cc1ccc(Cl)nn1. The Morgan fingerprint density at radius 1 is 1.50 bits per heavy atom. The molecule has 5 heteroatoms. The molecule has 1 aliphatic heterocycles. The standard InChI is InChI=1S/C11H16ClN3O/c1-2-10-8-16-6-5-15(10)7-9-3-4-11(12)14-13-9/h3-4,10H,2,5-8H2,1H3. The minimum Gasteiger partial charge on any atom is -0.378 e. The van der Waals surface area contributed by atoms with Crippen molar-refractivity contribution in [3.63, 3.8) is 0 Å². The third-order valence-corrected chi connectivity index (χ3v) is 3.07. The van der Waals surface area contributed by atoms with Gasteiger partial charge in [0.15, 0.2) is 5.15 Å². The van der Waals surface area contributed by atoms with Crippen LogP contribution >= 0.6 is 11.6 Å². The number of hydrogen-bond donors (Lipinski definition) is 0. The third kappa shape index (κ3) is 2.90. The molecule has 88 valence electrons. The van der Waals surface area contributed by atoms with Crippen LogP contribution in [0.2, 0.25) is 5.15 Å². The van der Waals surface area contributed by atoms with Crippen LogP contribution in [-0.4, -0.2) is 40.9 Å². The average molecular weight is 242 g/mol. The normalized spacial score (nSPS) is 22.2. The fourth-order valence-electron chi connectivity index (χ4n) is 1.91. The summed E-state index contributed by atoms with van der Waals surface area (Å²) in [7, 11) is 0. The van der Waals surface area contributed by atoms with Crippen molar-refractivity contribution in [3.8, 4) is 0 Å². The Morgan fingerprint density at radius 2 is 2.38 bits per heavy atom. The smallest absolute Gasteiger partial charge is 0.151 e. The lowest BCUT2D eigenvalue weighted by molar-refractivity contribution is -0.0133. The van der Waals surface area contributed by atoms with Crippen LogP contribution in [0.5, 0.6) is 0 Å². The lowest BCUT2D eigenvalue weighted by Crippen LogP contribution is -2.44. The van der Waals surface area contributed by atoms with Crippen molar-refractivity contribution in [2.75, 3.05) is 19.8 Å². The molecule has 0 N–H and O–H groups in total. The zero-order valence-corrected chi connectivity index (χ0v) is 10.2. The Kier molecular flexibility index (Phi) is 4.09. The number of morpholine rings is 1. The molecule has 0 spiro atoms. The second-order valence-corrected chi connectivity index (χ2v) is 4.34. The fourth-order valence-corrected chi connectivity index (χ4v) is 2.01. The van der Waals surface area contributed by atoms with E-state index in [2.05, 4.69) is 22.0 Å². The van der Waals surface area contributed by atoms with Crippen molar-refractivity contribution in [2.45, 2.75) is 25.9 Å². The first-order valence-electron chi connectivity index (χ1n) is 5.59. The van der Waals surface area contributed by atoms with Crippen LogP contribution in [0.1, 0.15) is 19.0 Å². The topological polar surface area (TPSA) is 38.2 Å². The molecule has 2 rings (SSSR count). The highest BCUT2D eigenvalue weighted by Gasteiger charge is 2.21. The van der Waals surface area contributed by atoms with E-state index >= 15 is 0 Å². The molecule has 1 aliphatic rings. The summed E-state index contributed by atoms with van der Waals surface area (Å²) in [4.78, 5) is 2.39. The van der Waals surface area contributed by atoms with E-state index in [1.54, 1.807) is 6.07 Å². The van der Waals surface area contributed by atoms with Gasteiger partial charge in [0.05, 0.1) is 18.9 Å². The molecule has 0 bridgehead atoms. The quantitative estimate of drug-likeness (QED) is 0.808. The van der Waals surface area contributed by atoms with Gasteiger partial charge in [-0.2, -0.15) is 5.10 Å². The summed E-state index contributed by atoms with van der Waals surface area (Å²) < 4.78 is 5.46. The van der Waals surface area contributed by atoms with Gasteiger partial charge in [-0.15, -0.1) is 5.10 Å². The second kappa shape index (κ2) is 5.57. The van der Waals surface area contributed by atoms with Crippen molar-refractivity contribution in [2.24, 2.45) is 0 Å². The maximum Gasteiger partial charge on any atom is 0.151 e. The number of ether oxygens (including phenoxy) is 1. The zero-order chi connectivity index (χ0) is 11.4. The van der Waals surface area contributed by atoms with Crippen molar-refractivity contribution in [1.82, 2.24) is 15.1 Å². The van der Waals surface area contributed by atoms with Gasteiger partial charge in [-0.05, 0) is 18.6 Å². The minimum atomic E-state index is 0.442. The Labute approximate surface area is 101 Å². The van der Waals surface area contributed by atoms with Crippen LogP contribution in [0.15, 0.2) is 12.1 Å². The molecule has 0 saturated carbocycles. The van der Waals surface area contributed by atoms with Gasteiger partial charge < -0.3 is 4.74 Å². The van der Waals surface area contributed by atoms with E-state index < -0.39 is 0 Å². The first-order chi connectivity index (χ1) is 7.79. The van der Waals surface area contributed by atoms with E-state index in [9.17, 15) is 0 Å². The molecule has 1 fully saturated rings. The van der Waals surface area contributed by atoms with Gasteiger partial charge in [0.2, 0.25) is 0 Å². The highest BCUT2D eigenvalue weighted by atomic mass is 35.5. The van der Waals surface area contributed by atoms with Crippen molar-refractivity contribution in [3.05, 3.63) is 23.0 Å². The van der Waals surface area contributed by atoms with Gasteiger partial charge in [0.25, 0.3) is 0 Å². The van der Waals surface area contributed by atoms with Crippen LogP contribution in [0.25, 0.3) is 0 Å². The van der Waals surface area contributed by atoms with E-state index in [4.69, 9.17) is 16.3 Å². The van der Waals surface area contributed by atoms with Gasteiger partial charge in [-0.1, -0.05) is 18.5 Å². The number of rotatable bonds is 3. The van der Waals surface area contributed by atoms with E-state index in [-0.39, 0.29) is 0 Å². The second-order valence-electron chi connectivity index (χ2n) is 3.95. The van der Waals surface area contributed by atoms with Gasteiger partial charge in [-0.3, -0.25) is 4.90 Å². The molecule has 1 unspecified atom stereocenters. The van der Waals surface area contributed by atoms with Crippen molar-refractivity contribution in [1.29, 1.82) is 0 Å². The molecule has 0 aromatic carbocycles. The Morgan fingerprint density at radius 3 is 3.06 bits per heavy atom. The molecule has 1 saturated heterocycles. The number of hydrogen-bond acceptors (Lipinski definition) is 4. The molecule has 0 radical (unpaired) electrons. The summed E-state index contributed by atoms with van der Waals surface area (Å²) in [5.74, 6) is 0. The summed E-state index contributed by atoms with van der Waals surface area (Å²) in [5, 5.41) is 8.37. The number of aromatic nitrogens is 2. The summed E-state index contributed by atoms with van der Waals surface area (Å²) >= 11 is 5.70. The predicted molar refractivity (Wildman–Crippen MR) is 62.4 cm³/mol. The molecule has 0 aliphatic carbocycles. The first kappa shape index (κ1) is 11.8. The van der Waals surface area contributed by atoms with E-state index in [1.165, 1.54) is 0 Å². The van der Waals surface area contributed by atoms with Crippen molar-refractivity contribution < 1.29 is 4.74 Å². The summed E-state index contributed by atoms with van der Waals surface area (Å²) in [6.45, 7) is 5.59. The van der Waals surface area contributed by atoms with Crippen LogP contribution < -0.4 is 0 Å². The lowest BCUT2D eigenvalue weighted by atomic mass is 10.1. The molecule has 2 heterocycles. The zero-order valence-electron chi connectivity index (χ0n) is 9.40. The number of halogens is 1. The third-order valence-electron chi connectivity index (χ3n) is 2.87. The lowest BCUT2D eigenvalue weighted by Gasteiger charge is -2.34. The monoisotopic (exact) mass is 241 g/mol. The van der Waals surface area contributed by atoms with Crippen molar-refractivity contribution >= 4 is 11.6 Å². The molecule has 16 heavy (non-hydrogen) atoms. The molecule has 4 nitrogen and oxygen atoms in total. The maximum atomic E-state index is 5.70. The largest absolute Gasteiger partial charge is 0.378 e. The molecule has 1 aromatic heterocycles. The Bertz CT molecular complexity index is 331. The van der Waals surface area contributed by atoms with Crippen LogP contribution in [0, 0.1) is 0 Å². The fraction of sp³-hybridized carbons (Fsp3) is 0.636. The highest BCUT2D eigenvalue weighted by Crippen LogP contribution is 2.13. The highest BCUT2D eigenvalue weighted by molar-refractivity contribution is 6.29. The van der Waals surface area contributed by atoms with Crippen LogP contribution in [0.4, 0.5) is 0 Å². The maximum absolute atomic E-state index is 5.70. The Balaban J connectivity index is 1.99. The molecule has 1 atom stereocenters. The van der Waals surface area contributed by atoms with Crippen LogP contribution in [-0.2, 0) is 11.3 Å². The van der Waals surface area contributed by atoms with E-state index in [0.29, 0.717) is 11.2 Å². The summed E-state index contributed by atoms with van der Waals surface area (Å²) in [5.41, 5.74) is 0.963. The van der Waals surface area contributed by atoms with Gasteiger partial charge >= 0.3 is 0 Å². The van der Waals surface area contributed by atoms with E-state index in [0.717, 1.165) is 38.4 Å².